The lowest BCUT2D eigenvalue weighted by atomic mass is 10.00. The van der Waals surface area contributed by atoms with Crippen LogP contribution in [0.3, 0.4) is 0 Å². The van der Waals surface area contributed by atoms with Crippen molar-refractivity contribution < 1.29 is 14.3 Å². The molecule has 0 unspecified atom stereocenters. The second-order valence-corrected chi connectivity index (χ2v) is 3.70. The monoisotopic (exact) mass is 232 g/mol. The van der Waals surface area contributed by atoms with Gasteiger partial charge in [-0.05, 0) is 11.3 Å². The lowest BCUT2D eigenvalue weighted by Gasteiger charge is -2.09. The standard InChI is InChI=1S/C6H5BrN2O3/c7-3-1-2-4-5(6(3)10)8-12-9(4)11/h3H,1-2H2/t3-/m0/s1. The van der Waals surface area contributed by atoms with Crippen LogP contribution in [0.1, 0.15) is 22.6 Å². The Balaban J connectivity index is 2.50. The molecule has 0 saturated heterocycles. The predicted octanol–water partition coefficient (Wildman–Crippen LogP) is 0.200. The summed E-state index contributed by atoms with van der Waals surface area (Å²) in [7, 11) is 0. The number of rotatable bonds is 0. The van der Waals surface area contributed by atoms with Crippen LogP contribution in [-0.4, -0.2) is 15.8 Å². The first-order chi connectivity index (χ1) is 5.70. The van der Waals surface area contributed by atoms with E-state index in [0.29, 0.717) is 23.4 Å². The normalized spacial score (nSPS) is 22.4. The molecule has 0 fully saturated rings. The molecular formula is C6H5BrN2O3. The van der Waals surface area contributed by atoms with E-state index in [0.717, 1.165) is 0 Å². The van der Waals surface area contributed by atoms with Crippen LogP contribution in [0.25, 0.3) is 0 Å². The summed E-state index contributed by atoms with van der Waals surface area (Å²) in [6.07, 6.45) is 1.15. The van der Waals surface area contributed by atoms with Crippen molar-refractivity contribution in [3.8, 4) is 0 Å². The number of Topliss-reactive ketones (excluding diaryl/α,β-unsaturated/α-hetero) is 1. The molecule has 1 aliphatic carbocycles. The summed E-state index contributed by atoms with van der Waals surface area (Å²) in [5, 5.41) is 14.2. The Hall–Kier alpha value is -0.910. The quantitative estimate of drug-likeness (QED) is 0.474. The van der Waals surface area contributed by atoms with Crippen LogP contribution in [0.2, 0.25) is 0 Å². The smallest absolute Gasteiger partial charge is 0.288 e. The van der Waals surface area contributed by atoms with Crippen LogP contribution in [0, 0.1) is 5.21 Å². The van der Waals surface area contributed by atoms with Crippen molar-refractivity contribution in [1.29, 1.82) is 0 Å². The lowest BCUT2D eigenvalue weighted by Crippen LogP contribution is -2.33. The highest BCUT2D eigenvalue weighted by Gasteiger charge is 2.35. The Labute approximate surface area is 76.0 Å². The lowest BCUT2D eigenvalue weighted by molar-refractivity contribution is -0.808. The minimum atomic E-state index is -0.227. The fraction of sp³-hybridized carbons (Fsp3) is 0.500. The van der Waals surface area contributed by atoms with Gasteiger partial charge >= 0.3 is 0 Å². The van der Waals surface area contributed by atoms with Gasteiger partial charge < -0.3 is 5.21 Å². The van der Waals surface area contributed by atoms with Gasteiger partial charge in [0.25, 0.3) is 5.69 Å². The van der Waals surface area contributed by atoms with Gasteiger partial charge in [-0.3, -0.25) is 9.42 Å². The zero-order valence-electron chi connectivity index (χ0n) is 5.99. The number of carbonyl (C=O) groups is 1. The highest BCUT2D eigenvalue weighted by molar-refractivity contribution is 9.10. The molecule has 2 rings (SSSR count). The third kappa shape index (κ3) is 0.945. The van der Waals surface area contributed by atoms with Crippen LogP contribution in [0.4, 0.5) is 0 Å². The first kappa shape index (κ1) is 7.72. The van der Waals surface area contributed by atoms with Gasteiger partial charge in [0.1, 0.15) is 0 Å². The largest absolute Gasteiger partial charge is 0.359 e. The molecule has 0 spiro atoms. The van der Waals surface area contributed by atoms with E-state index in [4.69, 9.17) is 0 Å². The molecule has 5 nitrogen and oxygen atoms in total. The van der Waals surface area contributed by atoms with Crippen molar-refractivity contribution in [2.24, 2.45) is 0 Å². The van der Waals surface area contributed by atoms with E-state index in [1.165, 1.54) is 0 Å². The van der Waals surface area contributed by atoms with E-state index < -0.39 is 0 Å². The average Bonchev–Trinajstić information content (AvgIpc) is 2.41. The number of halogens is 1. The van der Waals surface area contributed by atoms with E-state index in [1.54, 1.807) is 0 Å². The van der Waals surface area contributed by atoms with E-state index >= 15 is 0 Å². The molecule has 1 aromatic rings. The molecule has 12 heavy (non-hydrogen) atoms. The zero-order valence-corrected chi connectivity index (χ0v) is 7.57. The first-order valence-electron chi connectivity index (χ1n) is 3.47. The van der Waals surface area contributed by atoms with Gasteiger partial charge in [-0.15, -0.1) is 0 Å². The van der Waals surface area contributed by atoms with Crippen molar-refractivity contribution in [3.63, 3.8) is 0 Å². The molecule has 0 radical (unpaired) electrons. The van der Waals surface area contributed by atoms with Crippen molar-refractivity contribution in [2.75, 3.05) is 0 Å². The average molecular weight is 233 g/mol. The summed E-state index contributed by atoms with van der Waals surface area (Å²) >= 11 is 3.19. The van der Waals surface area contributed by atoms with Crippen molar-refractivity contribution in [1.82, 2.24) is 5.16 Å². The minimum absolute atomic E-state index is 0.165. The van der Waals surface area contributed by atoms with Crippen LogP contribution in [0.15, 0.2) is 4.63 Å². The molecule has 0 aliphatic heterocycles. The van der Waals surface area contributed by atoms with Gasteiger partial charge in [-0.25, -0.2) is 0 Å². The second kappa shape index (κ2) is 2.55. The van der Waals surface area contributed by atoms with Gasteiger partial charge in [0.2, 0.25) is 11.5 Å². The molecule has 1 heterocycles. The molecule has 0 bridgehead atoms. The van der Waals surface area contributed by atoms with E-state index in [1.807, 2.05) is 0 Å². The molecular weight excluding hydrogens is 228 g/mol. The van der Waals surface area contributed by atoms with Gasteiger partial charge in [-0.1, -0.05) is 15.9 Å². The van der Waals surface area contributed by atoms with Crippen LogP contribution in [0.5, 0.6) is 0 Å². The molecule has 1 aromatic heterocycles. The van der Waals surface area contributed by atoms with Crippen LogP contribution < -0.4 is 4.90 Å². The molecule has 0 N–H and O–H groups in total. The van der Waals surface area contributed by atoms with Gasteiger partial charge in [0.05, 0.1) is 4.83 Å². The van der Waals surface area contributed by atoms with Gasteiger partial charge in [0.15, 0.2) is 0 Å². The Morgan fingerprint density at radius 1 is 1.75 bits per heavy atom. The summed E-state index contributed by atoms with van der Waals surface area (Å²) in [6, 6.07) is 0. The third-order valence-electron chi connectivity index (χ3n) is 1.85. The Morgan fingerprint density at radius 2 is 2.50 bits per heavy atom. The fourth-order valence-electron chi connectivity index (χ4n) is 1.21. The SMILES string of the molecule is O=C1c2no[n+]([O-])c2CC[C@@H]1Br. The maximum Gasteiger partial charge on any atom is 0.288 e. The van der Waals surface area contributed by atoms with E-state index in [-0.39, 0.29) is 16.3 Å². The number of alkyl halides is 1. The summed E-state index contributed by atoms with van der Waals surface area (Å²) < 4.78 is 4.31. The third-order valence-corrected chi connectivity index (χ3v) is 2.73. The predicted molar refractivity (Wildman–Crippen MR) is 40.8 cm³/mol. The van der Waals surface area contributed by atoms with E-state index in [2.05, 4.69) is 25.7 Å². The molecule has 6 heteroatoms. The maximum atomic E-state index is 11.3. The minimum Gasteiger partial charge on any atom is -0.359 e. The number of hydrogen-bond acceptors (Lipinski definition) is 4. The topological polar surface area (TPSA) is 70.0 Å². The number of fused-ring (bicyclic) bond motifs is 1. The molecule has 0 aromatic carbocycles. The summed E-state index contributed by atoms with van der Waals surface area (Å²) in [5.74, 6) is -0.172. The Morgan fingerprint density at radius 3 is 3.25 bits per heavy atom. The summed E-state index contributed by atoms with van der Waals surface area (Å²) in [6.45, 7) is 0. The first-order valence-corrected chi connectivity index (χ1v) is 4.38. The Kier molecular flexibility index (Phi) is 1.64. The summed E-state index contributed by atoms with van der Waals surface area (Å²) in [4.78, 5) is 11.4. The molecule has 1 aliphatic rings. The number of hydrogen-bond donors (Lipinski definition) is 0. The molecule has 64 valence electrons. The molecule has 0 amide bonds. The number of nitrogens with zero attached hydrogens (tertiary/aromatic N) is 2. The number of ketones is 1. The molecule has 1 atom stereocenters. The summed E-state index contributed by atoms with van der Waals surface area (Å²) in [5.41, 5.74) is 0.508. The van der Waals surface area contributed by atoms with Crippen molar-refractivity contribution >= 4 is 21.7 Å². The van der Waals surface area contributed by atoms with Crippen LogP contribution in [-0.2, 0) is 6.42 Å². The maximum absolute atomic E-state index is 11.3. The van der Waals surface area contributed by atoms with Gasteiger partial charge in [0, 0.05) is 11.6 Å². The van der Waals surface area contributed by atoms with Crippen molar-refractivity contribution in [2.45, 2.75) is 17.7 Å². The number of aromatic nitrogens is 2. The molecule has 0 saturated carbocycles. The van der Waals surface area contributed by atoms with Crippen molar-refractivity contribution in [3.05, 3.63) is 16.6 Å². The van der Waals surface area contributed by atoms with Crippen LogP contribution >= 0.6 is 15.9 Å². The number of carbonyl (C=O) groups excluding carboxylic acids is 1. The zero-order chi connectivity index (χ0) is 8.72. The highest BCUT2D eigenvalue weighted by Crippen LogP contribution is 2.21. The second-order valence-electron chi connectivity index (χ2n) is 2.60. The Bertz CT molecular complexity index is 336. The highest BCUT2D eigenvalue weighted by atomic mass is 79.9. The van der Waals surface area contributed by atoms with E-state index in [9.17, 15) is 10.0 Å². The van der Waals surface area contributed by atoms with Gasteiger partial charge in [-0.2, -0.15) is 0 Å². The fourth-order valence-corrected chi connectivity index (χ4v) is 1.65.